The van der Waals surface area contributed by atoms with Gasteiger partial charge in [-0.1, -0.05) is 32.6 Å². The molecule has 0 fully saturated rings. The summed E-state index contributed by atoms with van der Waals surface area (Å²) in [6, 6.07) is 5.07. The average molecular weight is 265 g/mol. The number of unbranched alkanes of at least 4 members (excludes halogenated alkanes) is 4. The molecule has 106 valence electrons. The maximum absolute atomic E-state index is 11.5. The Bertz CT molecular complexity index is 404. The molecule has 2 N–H and O–H groups in total. The number of methoxy groups -OCH3 is 1. The first-order chi connectivity index (χ1) is 9.19. The molecule has 1 aromatic rings. The topological polar surface area (TPSA) is 61.5 Å². The molecule has 0 atom stereocenters. The Hall–Kier alpha value is -1.71. The van der Waals surface area contributed by atoms with E-state index in [0.29, 0.717) is 23.6 Å². The lowest BCUT2D eigenvalue weighted by atomic mass is 10.1. The van der Waals surface area contributed by atoms with Gasteiger partial charge in [0.25, 0.3) is 0 Å². The Kier molecular flexibility index (Phi) is 6.79. The third kappa shape index (κ3) is 5.20. The van der Waals surface area contributed by atoms with Crippen molar-refractivity contribution < 1.29 is 14.3 Å². The highest BCUT2D eigenvalue weighted by molar-refractivity contribution is 5.95. The van der Waals surface area contributed by atoms with Crippen molar-refractivity contribution in [3.63, 3.8) is 0 Å². The van der Waals surface area contributed by atoms with E-state index in [1.807, 2.05) is 0 Å². The fourth-order valence-electron chi connectivity index (χ4n) is 1.81. The fourth-order valence-corrected chi connectivity index (χ4v) is 1.81. The van der Waals surface area contributed by atoms with Gasteiger partial charge in [-0.05, 0) is 24.6 Å². The first-order valence-corrected chi connectivity index (χ1v) is 6.79. The maximum atomic E-state index is 11.5. The van der Waals surface area contributed by atoms with Crippen LogP contribution in [-0.4, -0.2) is 19.7 Å². The van der Waals surface area contributed by atoms with Crippen LogP contribution in [0.5, 0.6) is 5.75 Å². The lowest BCUT2D eigenvalue weighted by molar-refractivity contribution is 0.0601. The highest BCUT2D eigenvalue weighted by Crippen LogP contribution is 2.20. The van der Waals surface area contributed by atoms with Crippen molar-refractivity contribution in [1.29, 1.82) is 0 Å². The second kappa shape index (κ2) is 8.40. The van der Waals surface area contributed by atoms with Crippen LogP contribution in [0, 0.1) is 0 Å². The molecule has 0 saturated carbocycles. The number of rotatable bonds is 8. The second-order valence-electron chi connectivity index (χ2n) is 4.50. The van der Waals surface area contributed by atoms with Gasteiger partial charge in [-0.15, -0.1) is 0 Å². The van der Waals surface area contributed by atoms with Gasteiger partial charge in [0.2, 0.25) is 0 Å². The van der Waals surface area contributed by atoms with Crippen LogP contribution in [0.2, 0.25) is 0 Å². The van der Waals surface area contributed by atoms with Crippen molar-refractivity contribution in [2.45, 2.75) is 39.0 Å². The van der Waals surface area contributed by atoms with Gasteiger partial charge in [0, 0.05) is 5.69 Å². The van der Waals surface area contributed by atoms with Crippen molar-refractivity contribution in [3.05, 3.63) is 23.8 Å². The summed E-state index contributed by atoms with van der Waals surface area (Å²) in [7, 11) is 1.34. The van der Waals surface area contributed by atoms with Crippen LogP contribution >= 0.6 is 0 Å². The number of hydrogen-bond donors (Lipinski definition) is 1. The first kappa shape index (κ1) is 15.3. The van der Waals surface area contributed by atoms with Crippen LogP contribution in [0.3, 0.4) is 0 Å². The molecule has 0 aliphatic heterocycles. The van der Waals surface area contributed by atoms with Crippen molar-refractivity contribution in [1.82, 2.24) is 0 Å². The van der Waals surface area contributed by atoms with E-state index >= 15 is 0 Å². The zero-order valence-electron chi connectivity index (χ0n) is 11.8. The summed E-state index contributed by atoms with van der Waals surface area (Å²) >= 11 is 0. The normalized spacial score (nSPS) is 10.2. The minimum absolute atomic E-state index is 0.353. The highest BCUT2D eigenvalue weighted by Gasteiger charge is 2.11. The standard InChI is InChI=1S/C15H23NO3/c1-3-4-5-6-7-10-19-12-8-9-14(16)13(11-12)15(17)18-2/h8-9,11H,3-7,10,16H2,1-2H3. The maximum Gasteiger partial charge on any atom is 0.340 e. The molecule has 0 aliphatic carbocycles. The number of nitrogens with two attached hydrogens (primary N) is 1. The summed E-state index contributed by atoms with van der Waals surface area (Å²) in [6.07, 6.45) is 5.95. The summed E-state index contributed by atoms with van der Waals surface area (Å²) in [4.78, 5) is 11.5. The molecule has 19 heavy (non-hydrogen) atoms. The van der Waals surface area contributed by atoms with Gasteiger partial charge in [-0.3, -0.25) is 0 Å². The minimum atomic E-state index is -0.439. The molecule has 0 aromatic heterocycles. The van der Waals surface area contributed by atoms with Crippen LogP contribution in [0.1, 0.15) is 49.4 Å². The molecule has 0 aliphatic rings. The van der Waals surface area contributed by atoms with Gasteiger partial charge in [-0.2, -0.15) is 0 Å². The summed E-state index contributed by atoms with van der Waals surface area (Å²) in [6.45, 7) is 2.85. The van der Waals surface area contributed by atoms with Crippen molar-refractivity contribution in [3.8, 4) is 5.75 Å². The molecule has 1 aromatic carbocycles. The molecular weight excluding hydrogens is 242 g/mol. The third-order valence-corrected chi connectivity index (χ3v) is 2.95. The monoisotopic (exact) mass is 265 g/mol. The molecule has 0 bridgehead atoms. The van der Waals surface area contributed by atoms with Crippen LogP contribution in [0.15, 0.2) is 18.2 Å². The first-order valence-electron chi connectivity index (χ1n) is 6.79. The molecule has 0 radical (unpaired) electrons. The van der Waals surface area contributed by atoms with Crippen molar-refractivity contribution in [2.24, 2.45) is 0 Å². The lowest BCUT2D eigenvalue weighted by Crippen LogP contribution is -2.06. The summed E-state index contributed by atoms with van der Waals surface area (Å²) in [5, 5.41) is 0. The van der Waals surface area contributed by atoms with Crippen molar-refractivity contribution >= 4 is 11.7 Å². The zero-order chi connectivity index (χ0) is 14.1. The Morgan fingerprint density at radius 1 is 1.21 bits per heavy atom. The molecule has 1 rings (SSSR count). The molecule has 0 unspecified atom stereocenters. The van der Waals surface area contributed by atoms with E-state index in [1.54, 1.807) is 18.2 Å². The van der Waals surface area contributed by atoms with E-state index in [0.717, 1.165) is 6.42 Å². The molecule has 0 heterocycles. The van der Waals surface area contributed by atoms with Gasteiger partial charge in [0.1, 0.15) is 5.75 Å². The van der Waals surface area contributed by atoms with E-state index in [-0.39, 0.29) is 0 Å². The van der Waals surface area contributed by atoms with Crippen LogP contribution < -0.4 is 10.5 Å². The molecule has 0 spiro atoms. The number of nitrogen functional groups attached to an aromatic ring is 1. The highest BCUT2D eigenvalue weighted by atomic mass is 16.5. The molecular formula is C15H23NO3. The average Bonchev–Trinajstić information content (AvgIpc) is 2.43. The predicted molar refractivity (Wildman–Crippen MR) is 76.4 cm³/mol. The molecule has 4 nitrogen and oxygen atoms in total. The number of esters is 1. The number of benzene rings is 1. The van der Waals surface area contributed by atoms with E-state index in [2.05, 4.69) is 11.7 Å². The van der Waals surface area contributed by atoms with Gasteiger partial charge in [0.15, 0.2) is 0 Å². The summed E-state index contributed by atoms with van der Waals surface area (Å²) < 4.78 is 10.3. The van der Waals surface area contributed by atoms with E-state index in [4.69, 9.17) is 10.5 Å². The number of carbonyl (C=O) groups excluding carboxylic acids is 1. The smallest absolute Gasteiger partial charge is 0.340 e. The van der Waals surface area contributed by atoms with Crippen molar-refractivity contribution in [2.75, 3.05) is 19.5 Å². The Balaban J connectivity index is 2.44. The largest absolute Gasteiger partial charge is 0.494 e. The molecule has 4 heteroatoms. The van der Waals surface area contributed by atoms with Gasteiger partial charge < -0.3 is 15.2 Å². The third-order valence-electron chi connectivity index (χ3n) is 2.95. The Morgan fingerprint density at radius 2 is 1.95 bits per heavy atom. The zero-order valence-corrected chi connectivity index (χ0v) is 11.8. The number of hydrogen-bond acceptors (Lipinski definition) is 4. The number of ether oxygens (including phenoxy) is 2. The fraction of sp³-hybridized carbons (Fsp3) is 0.533. The van der Waals surface area contributed by atoms with Crippen LogP contribution in [0.4, 0.5) is 5.69 Å². The van der Waals surface area contributed by atoms with Crippen LogP contribution in [-0.2, 0) is 4.74 Å². The Labute approximate surface area is 114 Å². The minimum Gasteiger partial charge on any atom is -0.494 e. The lowest BCUT2D eigenvalue weighted by Gasteiger charge is -2.09. The molecule has 0 amide bonds. The second-order valence-corrected chi connectivity index (χ2v) is 4.50. The van der Waals surface area contributed by atoms with Gasteiger partial charge in [-0.25, -0.2) is 4.79 Å². The summed E-state index contributed by atoms with van der Waals surface area (Å²) in [5.41, 5.74) is 6.48. The molecule has 0 saturated heterocycles. The summed E-state index contributed by atoms with van der Waals surface area (Å²) in [5.74, 6) is 0.219. The Morgan fingerprint density at radius 3 is 2.63 bits per heavy atom. The van der Waals surface area contributed by atoms with Crippen LogP contribution in [0.25, 0.3) is 0 Å². The number of anilines is 1. The number of carbonyl (C=O) groups is 1. The SMILES string of the molecule is CCCCCCCOc1ccc(N)c(C(=O)OC)c1. The van der Waals surface area contributed by atoms with E-state index in [1.165, 1.54) is 32.8 Å². The van der Waals surface area contributed by atoms with E-state index < -0.39 is 5.97 Å². The van der Waals surface area contributed by atoms with Gasteiger partial charge >= 0.3 is 5.97 Å². The van der Waals surface area contributed by atoms with Gasteiger partial charge in [0.05, 0.1) is 19.3 Å². The quantitative estimate of drug-likeness (QED) is 0.444. The van der Waals surface area contributed by atoms with E-state index in [9.17, 15) is 4.79 Å². The predicted octanol–water partition coefficient (Wildman–Crippen LogP) is 3.40.